The fraction of sp³-hybridized carbons (Fsp3) is 0.143. The lowest BCUT2D eigenvalue weighted by molar-refractivity contribution is -0.387. The van der Waals surface area contributed by atoms with Crippen LogP contribution in [-0.4, -0.2) is 23.7 Å². The Hall–Kier alpha value is -2.56. The van der Waals surface area contributed by atoms with Crippen LogP contribution >= 0.6 is 11.8 Å². The van der Waals surface area contributed by atoms with Crippen molar-refractivity contribution in [3.8, 4) is 0 Å². The summed E-state index contributed by atoms with van der Waals surface area (Å²) in [6, 6.07) is 21.4. The van der Waals surface area contributed by atoms with Gasteiger partial charge < -0.3 is 14.0 Å². The molecule has 0 aromatic heterocycles. The molecule has 0 aliphatic rings. The lowest BCUT2D eigenvalue weighted by Gasteiger charge is -2.15. The van der Waals surface area contributed by atoms with Gasteiger partial charge in [-0.2, -0.15) is 0 Å². The third-order valence-electron chi connectivity index (χ3n) is 4.12. The number of benzene rings is 3. The Morgan fingerprint density at radius 2 is 1.67 bits per heavy atom. The highest BCUT2D eigenvalue weighted by atomic mass is 32.2. The molecule has 156 valence electrons. The van der Waals surface area contributed by atoms with E-state index < -0.39 is 22.6 Å². The molecule has 0 aliphatic carbocycles. The third-order valence-corrected chi connectivity index (χ3v) is 6.22. The molecule has 1 unspecified atom stereocenters. The topological polar surface area (TPSA) is 96.7 Å². The first-order valence-electron chi connectivity index (χ1n) is 8.87. The van der Waals surface area contributed by atoms with Crippen molar-refractivity contribution in [1.29, 1.82) is 0 Å². The van der Waals surface area contributed by atoms with E-state index in [2.05, 4.69) is 4.72 Å². The first kappa shape index (κ1) is 22.1. The number of nitro groups is 1. The van der Waals surface area contributed by atoms with Crippen molar-refractivity contribution in [3.63, 3.8) is 0 Å². The maximum absolute atomic E-state index is 12.5. The molecule has 3 aromatic rings. The van der Waals surface area contributed by atoms with Gasteiger partial charge in [0.15, 0.2) is 11.2 Å². The summed E-state index contributed by atoms with van der Waals surface area (Å²) in [4.78, 5) is 13.2. The maximum Gasteiger partial charge on any atom is 0.277 e. The van der Waals surface area contributed by atoms with Crippen molar-refractivity contribution in [2.45, 2.75) is 21.0 Å². The summed E-state index contributed by atoms with van der Waals surface area (Å²) in [5.41, 5.74) is 0.979. The molecule has 0 saturated carbocycles. The molecule has 0 heterocycles. The summed E-state index contributed by atoms with van der Waals surface area (Å²) < 4.78 is 25.9. The van der Waals surface area contributed by atoms with Crippen LogP contribution in [0.25, 0.3) is 0 Å². The van der Waals surface area contributed by atoms with Crippen LogP contribution < -0.4 is 4.72 Å². The van der Waals surface area contributed by atoms with Crippen LogP contribution in [0.4, 0.5) is 11.4 Å². The highest BCUT2D eigenvalue weighted by molar-refractivity contribution is 7.99. The Morgan fingerprint density at radius 3 is 2.33 bits per heavy atom. The minimum Gasteiger partial charge on any atom is -0.588 e. The Balaban J connectivity index is 1.80. The minimum atomic E-state index is -1.38. The molecule has 7 nitrogen and oxygen atoms in total. The van der Waals surface area contributed by atoms with Crippen LogP contribution in [0.15, 0.2) is 87.5 Å². The summed E-state index contributed by atoms with van der Waals surface area (Å²) in [6.45, 7) is 0. The number of nitrogens with one attached hydrogen (secondary N) is 1. The second-order valence-electron chi connectivity index (χ2n) is 6.09. The smallest absolute Gasteiger partial charge is 0.277 e. The van der Waals surface area contributed by atoms with Crippen LogP contribution in [0.1, 0.15) is 11.9 Å². The monoisotopic (exact) mass is 444 g/mol. The van der Waals surface area contributed by atoms with Crippen molar-refractivity contribution in [3.05, 3.63) is 88.5 Å². The molecule has 0 amide bonds. The Kier molecular flexibility index (Phi) is 7.72. The average molecular weight is 445 g/mol. The first-order valence-corrected chi connectivity index (χ1v) is 10.8. The summed E-state index contributed by atoms with van der Waals surface area (Å²) in [7, 11) is 2.86. The SMILES string of the molecule is COC(OC)c1cc(Sc2cccc(N[S+]([O-])c3ccccc3)c2)ccc1[N+](=O)[O-]. The highest BCUT2D eigenvalue weighted by Crippen LogP contribution is 2.36. The van der Waals surface area contributed by atoms with Gasteiger partial charge in [0.1, 0.15) is 11.4 Å². The number of nitro benzene ring substituents is 1. The van der Waals surface area contributed by atoms with Gasteiger partial charge >= 0.3 is 0 Å². The molecule has 0 saturated heterocycles. The predicted octanol–water partition coefficient (Wildman–Crippen LogP) is 5.17. The Labute approximate surface area is 181 Å². The zero-order chi connectivity index (χ0) is 21.5. The standard InChI is InChI=1S/C21H20N2O5S2/c1-27-21(28-2)19-14-17(11-12-20(19)23(24)25)29-16-8-6-7-15(13-16)22-30(26)18-9-4-3-5-10-18/h3-14,21-22H,1-2H3. The zero-order valence-electron chi connectivity index (χ0n) is 16.3. The van der Waals surface area contributed by atoms with E-state index in [-0.39, 0.29) is 5.69 Å². The quantitative estimate of drug-likeness (QED) is 0.210. The second kappa shape index (κ2) is 10.5. The number of rotatable bonds is 9. The molecule has 0 fully saturated rings. The van der Waals surface area contributed by atoms with Crippen molar-refractivity contribution in [2.75, 3.05) is 18.9 Å². The normalized spacial score (nSPS) is 12.0. The van der Waals surface area contributed by atoms with Gasteiger partial charge in [0, 0.05) is 30.1 Å². The fourth-order valence-corrected chi connectivity index (χ4v) is 4.56. The average Bonchev–Trinajstić information content (AvgIpc) is 2.75. The van der Waals surface area contributed by atoms with Gasteiger partial charge in [0.2, 0.25) is 0 Å². The maximum atomic E-state index is 12.5. The van der Waals surface area contributed by atoms with Crippen LogP contribution in [0.2, 0.25) is 0 Å². The highest BCUT2D eigenvalue weighted by Gasteiger charge is 2.22. The number of hydrogen-bond donors (Lipinski definition) is 1. The van der Waals surface area contributed by atoms with Gasteiger partial charge in [-0.15, -0.1) is 0 Å². The summed E-state index contributed by atoms with van der Waals surface area (Å²) in [5, 5.41) is 11.3. The number of nitrogens with zero attached hydrogens (tertiary/aromatic N) is 1. The Bertz CT molecular complexity index is 1000. The molecule has 1 atom stereocenters. The third kappa shape index (κ3) is 5.53. The second-order valence-corrected chi connectivity index (χ2v) is 8.45. The molecule has 0 spiro atoms. The number of anilines is 1. The van der Waals surface area contributed by atoms with E-state index in [1.807, 2.05) is 42.5 Å². The largest absolute Gasteiger partial charge is 0.588 e. The van der Waals surface area contributed by atoms with E-state index in [0.29, 0.717) is 16.1 Å². The lowest BCUT2D eigenvalue weighted by Crippen LogP contribution is -2.12. The van der Waals surface area contributed by atoms with E-state index in [4.69, 9.17) is 9.47 Å². The van der Waals surface area contributed by atoms with Crippen LogP contribution in [-0.2, 0) is 20.8 Å². The zero-order valence-corrected chi connectivity index (χ0v) is 17.9. The molecule has 3 rings (SSSR count). The predicted molar refractivity (Wildman–Crippen MR) is 117 cm³/mol. The molecule has 3 aromatic carbocycles. The number of ether oxygens (including phenoxy) is 2. The van der Waals surface area contributed by atoms with Crippen molar-refractivity contribution in [1.82, 2.24) is 0 Å². The van der Waals surface area contributed by atoms with E-state index in [1.165, 1.54) is 32.0 Å². The fourth-order valence-electron chi connectivity index (χ4n) is 2.77. The van der Waals surface area contributed by atoms with Gasteiger partial charge in [0.25, 0.3) is 5.69 Å². The van der Waals surface area contributed by atoms with Crippen LogP contribution in [0.3, 0.4) is 0 Å². The van der Waals surface area contributed by atoms with Gasteiger partial charge in [-0.25, -0.2) is 4.72 Å². The number of methoxy groups -OCH3 is 2. The van der Waals surface area contributed by atoms with Crippen molar-refractivity contribution in [2.24, 2.45) is 0 Å². The molecule has 0 radical (unpaired) electrons. The molecule has 30 heavy (non-hydrogen) atoms. The van der Waals surface area contributed by atoms with E-state index in [0.717, 1.165) is 9.79 Å². The summed E-state index contributed by atoms with van der Waals surface area (Å²) in [5.74, 6) is 0. The van der Waals surface area contributed by atoms with Gasteiger partial charge in [0.05, 0.1) is 16.2 Å². The Morgan fingerprint density at radius 1 is 0.967 bits per heavy atom. The van der Waals surface area contributed by atoms with Crippen LogP contribution in [0.5, 0.6) is 0 Å². The van der Waals surface area contributed by atoms with E-state index in [9.17, 15) is 14.7 Å². The molecular formula is C21H20N2O5S2. The molecular weight excluding hydrogens is 424 g/mol. The van der Waals surface area contributed by atoms with Crippen LogP contribution in [0, 0.1) is 10.1 Å². The van der Waals surface area contributed by atoms with E-state index >= 15 is 0 Å². The van der Waals surface area contributed by atoms with Gasteiger partial charge in [-0.3, -0.25) is 10.1 Å². The van der Waals surface area contributed by atoms with E-state index in [1.54, 1.807) is 24.3 Å². The molecule has 1 N–H and O–H groups in total. The summed E-state index contributed by atoms with van der Waals surface area (Å²) >= 11 is 0.0478. The first-order chi connectivity index (χ1) is 14.5. The van der Waals surface area contributed by atoms with Gasteiger partial charge in [-0.1, -0.05) is 36.0 Å². The molecule has 0 bridgehead atoms. The summed E-state index contributed by atoms with van der Waals surface area (Å²) in [6.07, 6.45) is -0.841. The molecule has 9 heteroatoms. The van der Waals surface area contributed by atoms with Crippen molar-refractivity contribution < 1.29 is 18.9 Å². The van der Waals surface area contributed by atoms with Gasteiger partial charge in [-0.05, 0) is 42.5 Å². The minimum absolute atomic E-state index is 0.0678. The lowest BCUT2D eigenvalue weighted by atomic mass is 10.1. The molecule has 0 aliphatic heterocycles. The van der Waals surface area contributed by atoms with Crippen molar-refractivity contribution >= 4 is 34.5 Å². The number of hydrogen-bond acceptors (Lipinski definition) is 7.